The summed E-state index contributed by atoms with van der Waals surface area (Å²) in [6, 6.07) is 4.56. The van der Waals surface area contributed by atoms with Gasteiger partial charge in [-0.05, 0) is 24.4 Å². The number of aliphatic hydroxyl groups is 1. The van der Waals surface area contributed by atoms with Crippen LogP contribution < -0.4 is 0 Å². The van der Waals surface area contributed by atoms with Crippen LogP contribution in [0, 0.1) is 17.0 Å². The number of nitro benzene ring substituents is 1. The van der Waals surface area contributed by atoms with Crippen molar-refractivity contribution in [1.29, 1.82) is 0 Å². The highest BCUT2D eigenvalue weighted by Gasteiger charge is 2.14. The normalized spacial score (nSPS) is 11.6. The second-order valence-corrected chi connectivity index (χ2v) is 3.56. The summed E-state index contributed by atoms with van der Waals surface area (Å²) in [5, 5.41) is 23.8. The minimum absolute atomic E-state index is 0.0228. The molecule has 17 heavy (non-hydrogen) atoms. The molecule has 0 bridgehead atoms. The molecule has 0 aliphatic rings. The van der Waals surface area contributed by atoms with Crippen molar-refractivity contribution in [3.8, 4) is 0 Å². The van der Waals surface area contributed by atoms with E-state index < -0.39 is 11.0 Å². The Hall–Kier alpha value is -2.11. The van der Waals surface area contributed by atoms with Gasteiger partial charge in [0, 0.05) is 23.1 Å². The second-order valence-electron chi connectivity index (χ2n) is 3.56. The highest BCUT2D eigenvalue weighted by atomic mass is 16.6. The number of aliphatic hydroxyl groups excluding tert-OH is 1. The van der Waals surface area contributed by atoms with E-state index in [1.165, 1.54) is 6.07 Å². The van der Waals surface area contributed by atoms with Crippen LogP contribution in [-0.2, 0) is 0 Å². The molecule has 1 atom stereocenters. The fraction of sp³-hybridized carbons (Fsp3) is 0.400. The molecule has 1 rings (SSSR count). The van der Waals surface area contributed by atoms with E-state index in [-0.39, 0.29) is 18.7 Å². The van der Waals surface area contributed by atoms with Crippen LogP contribution in [0.3, 0.4) is 0 Å². The molecule has 0 saturated carbocycles. The van der Waals surface area contributed by atoms with E-state index in [1.807, 2.05) is 0 Å². The number of benzene rings is 1. The molecule has 0 aliphatic carbocycles. The van der Waals surface area contributed by atoms with Crippen molar-refractivity contribution in [1.82, 2.24) is 0 Å². The van der Waals surface area contributed by atoms with Gasteiger partial charge in [-0.2, -0.15) is 0 Å². The van der Waals surface area contributed by atoms with Gasteiger partial charge in [-0.1, -0.05) is 17.2 Å². The first-order chi connectivity index (χ1) is 8.06. The van der Waals surface area contributed by atoms with Gasteiger partial charge in [-0.3, -0.25) is 10.1 Å². The summed E-state index contributed by atoms with van der Waals surface area (Å²) in [7, 11) is 0. The number of nitrogens with zero attached hydrogens (tertiary/aromatic N) is 4. The maximum atomic E-state index is 10.7. The molecule has 1 unspecified atom stereocenters. The summed E-state index contributed by atoms with van der Waals surface area (Å²) in [6.45, 7) is 1.79. The molecule has 0 aliphatic heterocycles. The number of aryl methyl sites for hydroxylation is 1. The van der Waals surface area contributed by atoms with Crippen LogP contribution in [0.15, 0.2) is 23.3 Å². The molecular formula is C10H12N4O3. The van der Waals surface area contributed by atoms with Gasteiger partial charge in [0.2, 0.25) is 0 Å². The quantitative estimate of drug-likeness (QED) is 0.278. The Labute approximate surface area is 97.5 Å². The molecule has 0 heterocycles. The Balaban J connectivity index is 2.87. The summed E-state index contributed by atoms with van der Waals surface area (Å²) < 4.78 is 0. The van der Waals surface area contributed by atoms with Crippen molar-refractivity contribution in [2.24, 2.45) is 5.11 Å². The van der Waals surface area contributed by atoms with Crippen molar-refractivity contribution < 1.29 is 10.0 Å². The average molecular weight is 236 g/mol. The standard InChI is InChI=1S/C10H12N4O3/c1-7-2-3-8(6-9(7)14(16)17)10(15)4-5-12-13-11/h2-3,6,10,15H,4-5H2,1H3. The van der Waals surface area contributed by atoms with Crippen LogP contribution in [0.5, 0.6) is 0 Å². The number of azide groups is 1. The highest BCUT2D eigenvalue weighted by molar-refractivity contribution is 5.43. The van der Waals surface area contributed by atoms with E-state index in [9.17, 15) is 15.2 Å². The van der Waals surface area contributed by atoms with Crippen LogP contribution in [-0.4, -0.2) is 16.6 Å². The zero-order valence-corrected chi connectivity index (χ0v) is 9.28. The Bertz CT molecular complexity index is 469. The lowest BCUT2D eigenvalue weighted by molar-refractivity contribution is -0.385. The zero-order valence-electron chi connectivity index (χ0n) is 9.28. The third-order valence-corrected chi connectivity index (χ3v) is 2.38. The first-order valence-electron chi connectivity index (χ1n) is 5.00. The van der Waals surface area contributed by atoms with Crippen molar-refractivity contribution >= 4 is 5.69 Å². The Morgan fingerprint density at radius 1 is 1.65 bits per heavy atom. The van der Waals surface area contributed by atoms with Crippen LogP contribution in [0.25, 0.3) is 10.4 Å². The summed E-state index contributed by atoms with van der Waals surface area (Å²) >= 11 is 0. The van der Waals surface area contributed by atoms with Gasteiger partial charge in [-0.15, -0.1) is 0 Å². The topological polar surface area (TPSA) is 112 Å². The Kier molecular flexibility index (Phi) is 4.45. The van der Waals surface area contributed by atoms with Gasteiger partial charge in [0.25, 0.3) is 5.69 Å². The van der Waals surface area contributed by atoms with E-state index in [1.54, 1.807) is 19.1 Å². The van der Waals surface area contributed by atoms with E-state index in [4.69, 9.17) is 5.53 Å². The van der Waals surface area contributed by atoms with Crippen molar-refractivity contribution in [3.05, 3.63) is 49.9 Å². The average Bonchev–Trinajstić information content (AvgIpc) is 2.29. The van der Waals surface area contributed by atoms with Crippen LogP contribution in [0.4, 0.5) is 5.69 Å². The monoisotopic (exact) mass is 236 g/mol. The summed E-state index contributed by atoms with van der Waals surface area (Å²) in [5.41, 5.74) is 9.06. The van der Waals surface area contributed by atoms with Crippen LogP contribution >= 0.6 is 0 Å². The lowest BCUT2D eigenvalue weighted by atomic mass is 10.0. The molecule has 1 aromatic rings. The third kappa shape index (κ3) is 3.44. The Morgan fingerprint density at radius 3 is 2.94 bits per heavy atom. The number of hydrogen-bond acceptors (Lipinski definition) is 4. The van der Waals surface area contributed by atoms with Gasteiger partial charge < -0.3 is 5.11 Å². The molecular weight excluding hydrogens is 224 g/mol. The predicted molar refractivity (Wildman–Crippen MR) is 61.4 cm³/mol. The molecule has 7 nitrogen and oxygen atoms in total. The molecule has 7 heteroatoms. The van der Waals surface area contributed by atoms with E-state index >= 15 is 0 Å². The summed E-state index contributed by atoms with van der Waals surface area (Å²) in [6.07, 6.45) is -0.621. The largest absolute Gasteiger partial charge is 0.388 e. The van der Waals surface area contributed by atoms with Crippen LogP contribution in [0.2, 0.25) is 0 Å². The summed E-state index contributed by atoms with van der Waals surface area (Å²) in [5.74, 6) is 0. The van der Waals surface area contributed by atoms with Gasteiger partial charge in [0.15, 0.2) is 0 Å². The van der Waals surface area contributed by atoms with Gasteiger partial charge in [-0.25, -0.2) is 0 Å². The van der Waals surface area contributed by atoms with Gasteiger partial charge in [0.1, 0.15) is 0 Å². The highest BCUT2D eigenvalue weighted by Crippen LogP contribution is 2.24. The second kappa shape index (κ2) is 5.83. The molecule has 0 spiro atoms. The van der Waals surface area contributed by atoms with Gasteiger partial charge in [0.05, 0.1) is 11.0 Å². The predicted octanol–water partition coefficient (Wildman–Crippen LogP) is 2.64. The molecule has 0 fully saturated rings. The minimum atomic E-state index is -0.861. The van der Waals surface area contributed by atoms with Crippen molar-refractivity contribution in [2.75, 3.05) is 6.54 Å². The number of rotatable bonds is 5. The van der Waals surface area contributed by atoms with Crippen molar-refractivity contribution in [3.63, 3.8) is 0 Å². The SMILES string of the molecule is Cc1ccc(C(O)CCN=[N+]=[N-])cc1[N+](=O)[O-]. The molecule has 0 saturated heterocycles. The molecule has 0 radical (unpaired) electrons. The zero-order chi connectivity index (χ0) is 12.8. The molecule has 0 aromatic heterocycles. The first-order valence-corrected chi connectivity index (χ1v) is 5.00. The van der Waals surface area contributed by atoms with Crippen molar-refractivity contribution in [2.45, 2.75) is 19.4 Å². The van der Waals surface area contributed by atoms with E-state index in [0.717, 1.165) is 0 Å². The fourth-order valence-corrected chi connectivity index (χ4v) is 1.42. The fourth-order valence-electron chi connectivity index (χ4n) is 1.42. The third-order valence-electron chi connectivity index (χ3n) is 2.38. The number of nitro groups is 1. The van der Waals surface area contributed by atoms with Gasteiger partial charge >= 0.3 is 0 Å². The molecule has 1 N–H and O–H groups in total. The number of hydrogen-bond donors (Lipinski definition) is 1. The maximum absolute atomic E-state index is 10.7. The Morgan fingerprint density at radius 2 is 2.35 bits per heavy atom. The maximum Gasteiger partial charge on any atom is 0.272 e. The van der Waals surface area contributed by atoms with E-state index in [0.29, 0.717) is 11.1 Å². The first kappa shape index (κ1) is 13.0. The lowest BCUT2D eigenvalue weighted by Gasteiger charge is -2.09. The molecule has 0 amide bonds. The minimum Gasteiger partial charge on any atom is -0.388 e. The van der Waals surface area contributed by atoms with Crippen LogP contribution in [0.1, 0.15) is 23.7 Å². The van der Waals surface area contributed by atoms with E-state index in [2.05, 4.69) is 10.0 Å². The lowest BCUT2D eigenvalue weighted by Crippen LogP contribution is -2.01. The smallest absolute Gasteiger partial charge is 0.272 e. The molecule has 90 valence electrons. The molecule has 1 aromatic carbocycles. The summed E-state index contributed by atoms with van der Waals surface area (Å²) in [4.78, 5) is 12.8.